The van der Waals surface area contributed by atoms with Crippen molar-refractivity contribution in [2.24, 2.45) is 11.1 Å². The van der Waals surface area contributed by atoms with Gasteiger partial charge in [-0.05, 0) is 42.4 Å². The summed E-state index contributed by atoms with van der Waals surface area (Å²) in [6, 6.07) is 4.98. The van der Waals surface area contributed by atoms with Gasteiger partial charge in [0.2, 0.25) is 0 Å². The molecule has 0 heterocycles. The second-order valence-corrected chi connectivity index (χ2v) is 6.23. The molecule has 0 amide bonds. The van der Waals surface area contributed by atoms with Crippen LogP contribution >= 0.6 is 11.6 Å². The third-order valence-electron chi connectivity index (χ3n) is 4.28. The summed E-state index contributed by atoms with van der Waals surface area (Å²) in [6.45, 7) is 4.40. The summed E-state index contributed by atoms with van der Waals surface area (Å²) in [7, 11) is 0. The minimum absolute atomic E-state index is 0.114. The number of nitrogens with two attached hydrogens (primary N) is 1. The van der Waals surface area contributed by atoms with E-state index in [9.17, 15) is 4.39 Å². The van der Waals surface area contributed by atoms with Crippen molar-refractivity contribution in [3.05, 3.63) is 34.6 Å². The Hall–Kier alpha value is -0.600. The lowest BCUT2D eigenvalue weighted by Crippen LogP contribution is -2.50. The van der Waals surface area contributed by atoms with E-state index >= 15 is 0 Å². The van der Waals surface area contributed by atoms with Gasteiger partial charge in [-0.1, -0.05) is 37.9 Å². The van der Waals surface area contributed by atoms with Gasteiger partial charge in [-0.25, -0.2) is 4.39 Å². The Morgan fingerprint density at radius 3 is 2.59 bits per heavy atom. The second kappa shape index (κ2) is 4.25. The Balaban J connectivity index is 2.23. The molecule has 1 atom stereocenters. The maximum Gasteiger partial charge on any atom is 0.142 e. The Bertz CT molecular complexity index is 430. The molecule has 1 aliphatic rings. The van der Waals surface area contributed by atoms with Crippen LogP contribution in [0.3, 0.4) is 0 Å². The van der Waals surface area contributed by atoms with Crippen molar-refractivity contribution in [3.8, 4) is 0 Å². The summed E-state index contributed by atoms with van der Waals surface area (Å²) in [4.78, 5) is 0. The molecule has 0 radical (unpaired) electrons. The van der Waals surface area contributed by atoms with Crippen LogP contribution in [-0.4, -0.2) is 5.54 Å². The summed E-state index contributed by atoms with van der Waals surface area (Å²) in [5, 5.41) is 0.172. The number of rotatable bonds is 2. The van der Waals surface area contributed by atoms with E-state index in [1.54, 1.807) is 6.07 Å². The van der Waals surface area contributed by atoms with E-state index in [-0.39, 0.29) is 21.8 Å². The van der Waals surface area contributed by atoms with Crippen LogP contribution in [0.15, 0.2) is 18.2 Å². The predicted octanol–water partition coefficient (Wildman–Crippen LogP) is 3.93. The highest BCUT2D eigenvalue weighted by Gasteiger charge is 2.45. The molecule has 2 rings (SSSR count). The van der Waals surface area contributed by atoms with Crippen LogP contribution in [0.4, 0.5) is 4.39 Å². The van der Waals surface area contributed by atoms with E-state index in [1.807, 2.05) is 6.07 Å². The van der Waals surface area contributed by atoms with Gasteiger partial charge in [-0.15, -0.1) is 0 Å². The summed E-state index contributed by atoms with van der Waals surface area (Å²) >= 11 is 5.68. The predicted molar refractivity (Wildman–Crippen MR) is 69.7 cm³/mol. The molecule has 0 aromatic heterocycles. The van der Waals surface area contributed by atoms with E-state index in [4.69, 9.17) is 17.3 Å². The lowest BCUT2D eigenvalue weighted by molar-refractivity contribution is 0.207. The molecule has 1 saturated carbocycles. The van der Waals surface area contributed by atoms with Gasteiger partial charge in [0.15, 0.2) is 0 Å². The minimum atomic E-state index is -0.358. The van der Waals surface area contributed by atoms with Gasteiger partial charge in [0.05, 0.1) is 5.02 Å². The molecule has 1 fully saturated rings. The highest BCUT2D eigenvalue weighted by molar-refractivity contribution is 6.30. The normalized spacial score (nSPS) is 27.4. The molecular formula is C14H19ClFN. The molecule has 1 unspecified atom stereocenters. The van der Waals surface area contributed by atoms with Gasteiger partial charge in [0.25, 0.3) is 0 Å². The monoisotopic (exact) mass is 255 g/mol. The molecule has 94 valence electrons. The van der Waals surface area contributed by atoms with Crippen molar-refractivity contribution in [1.29, 1.82) is 0 Å². The van der Waals surface area contributed by atoms with Crippen LogP contribution in [0.5, 0.6) is 0 Å². The van der Waals surface area contributed by atoms with Crippen molar-refractivity contribution >= 4 is 11.6 Å². The van der Waals surface area contributed by atoms with Gasteiger partial charge < -0.3 is 5.73 Å². The number of benzene rings is 1. The van der Waals surface area contributed by atoms with Crippen LogP contribution in [0.25, 0.3) is 0 Å². The van der Waals surface area contributed by atoms with Crippen LogP contribution in [0, 0.1) is 11.2 Å². The fourth-order valence-corrected chi connectivity index (χ4v) is 2.89. The van der Waals surface area contributed by atoms with Gasteiger partial charge in [-0.3, -0.25) is 0 Å². The second-order valence-electron chi connectivity index (χ2n) is 5.82. The first-order valence-electron chi connectivity index (χ1n) is 6.07. The average Bonchev–Trinajstić information content (AvgIpc) is 2.47. The highest BCUT2D eigenvalue weighted by Crippen LogP contribution is 2.46. The summed E-state index contributed by atoms with van der Waals surface area (Å²) in [6.07, 6.45) is 4.01. The molecule has 2 N–H and O–H groups in total. The first-order valence-corrected chi connectivity index (χ1v) is 6.45. The summed E-state index contributed by atoms with van der Waals surface area (Å²) in [5.74, 6) is -0.358. The molecule has 3 heteroatoms. The van der Waals surface area contributed by atoms with Crippen molar-refractivity contribution in [2.45, 2.75) is 45.1 Å². The van der Waals surface area contributed by atoms with Crippen molar-refractivity contribution in [2.75, 3.05) is 0 Å². The molecule has 1 aliphatic carbocycles. The molecule has 1 nitrogen and oxygen atoms in total. The Labute approximate surface area is 107 Å². The third kappa shape index (κ3) is 2.34. The summed E-state index contributed by atoms with van der Waals surface area (Å²) in [5.41, 5.74) is 7.32. The largest absolute Gasteiger partial charge is 0.324 e. The molecule has 17 heavy (non-hydrogen) atoms. The van der Waals surface area contributed by atoms with Gasteiger partial charge in [-0.2, -0.15) is 0 Å². The lowest BCUT2D eigenvalue weighted by atomic mass is 9.72. The van der Waals surface area contributed by atoms with E-state index in [0.29, 0.717) is 6.42 Å². The first kappa shape index (κ1) is 12.8. The van der Waals surface area contributed by atoms with Crippen LogP contribution < -0.4 is 5.73 Å². The van der Waals surface area contributed by atoms with Crippen LogP contribution in [0.1, 0.15) is 38.7 Å². The van der Waals surface area contributed by atoms with E-state index in [0.717, 1.165) is 24.8 Å². The maximum absolute atomic E-state index is 13.4. The average molecular weight is 256 g/mol. The highest BCUT2D eigenvalue weighted by atomic mass is 35.5. The molecular weight excluding hydrogens is 237 g/mol. The van der Waals surface area contributed by atoms with E-state index in [1.165, 1.54) is 6.07 Å². The van der Waals surface area contributed by atoms with E-state index < -0.39 is 0 Å². The third-order valence-corrected chi connectivity index (χ3v) is 4.58. The maximum atomic E-state index is 13.4. The SMILES string of the molecule is CC1(C)CCCC1(N)Cc1ccc(Cl)c(F)c1. The van der Waals surface area contributed by atoms with Gasteiger partial charge >= 0.3 is 0 Å². The molecule has 1 aromatic rings. The zero-order valence-electron chi connectivity index (χ0n) is 10.4. The number of hydrogen-bond donors (Lipinski definition) is 1. The topological polar surface area (TPSA) is 26.0 Å². The van der Waals surface area contributed by atoms with Crippen LogP contribution in [0.2, 0.25) is 5.02 Å². The Kier molecular flexibility index (Phi) is 3.21. The van der Waals surface area contributed by atoms with Crippen LogP contribution in [-0.2, 0) is 6.42 Å². The lowest BCUT2D eigenvalue weighted by Gasteiger charge is -2.38. The molecule has 0 saturated heterocycles. The number of hydrogen-bond acceptors (Lipinski definition) is 1. The van der Waals surface area contributed by atoms with Crippen molar-refractivity contribution in [3.63, 3.8) is 0 Å². The minimum Gasteiger partial charge on any atom is -0.324 e. The van der Waals surface area contributed by atoms with Gasteiger partial charge in [0, 0.05) is 5.54 Å². The van der Waals surface area contributed by atoms with Crippen molar-refractivity contribution in [1.82, 2.24) is 0 Å². The Morgan fingerprint density at radius 1 is 1.35 bits per heavy atom. The zero-order chi connectivity index (χ0) is 12.7. The standard InChI is InChI=1S/C14H19ClFN/c1-13(2)6-3-7-14(13,17)9-10-4-5-11(15)12(16)8-10/h4-5,8H,3,6-7,9,17H2,1-2H3. The Morgan fingerprint density at radius 2 is 2.06 bits per heavy atom. The molecule has 0 bridgehead atoms. The fraction of sp³-hybridized carbons (Fsp3) is 0.571. The number of halogens is 2. The van der Waals surface area contributed by atoms with Crippen molar-refractivity contribution < 1.29 is 4.39 Å². The molecule has 1 aromatic carbocycles. The first-order chi connectivity index (χ1) is 7.84. The molecule has 0 aliphatic heterocycles. The van der Waals surface area contributed by atoms with E-state index in [2.05, 4.69) is 13.8 Å². The van der Waals surface area contributed by atoms with Gasteiger partial charge in [0.1, 0.15) is 5.82 Å². The zero-order valence-corrected chi connectivity index (χ0v) is 11.1. The molecule has 0 spiro atoms. The smallest absolute Gasteiger partial charge is 0.142 e. The fourth-order valence-electron chi connectivity index (χ4n) is 2.77. The summed E-state index contributed by atoms with van der Waals surface area (Å²) < 4.78 is 13.4. The quantitative estimate of drug-likeness (QED) is 0.851.